The number of carbonyl (C=O) groups is 3. The molecule has 24 rings (SSSR count). The minimum absolute atomic E-state index is 0. The van der Waals surface area contributed by atoms with E-state index in [2.05, 4.69) is 215 Å². The fourth-order valence-electron chi connectivity index (χ4n) is 17.5. The summed E-state index contributed by atoms with van der Waals surface area (Å²) < 4.78 is 26.3. The average molecular weight is 2850 g/mol. The maximum atomic E-state index is 14.4. The monoisotopic (exact) mass is 2850 g/mol. The van der Waals surface area contributed by atoms with E-state index in [-0.39, 0.29) is 152 Å². The van der Waals surface area contributed by atoms with Crippen molar-refractivity contribution in [1.29, 1.82) is 0 Å². The third kappa shape index (κ3) is 29.3. The number of aliphatic hydroxyl groups excluding tert-OH is 3. The van der Waals surface area contributed by atoms with Gasteiger partial charge in [0, 0.05) is 167 Å². The molecule has 7 aromatic heterocycles. The molecule has 3 N–H and O–H groups in total. The number of nitrogens with zero attached hydrogens (tertiary/aromatic N) is 7. The number of ketones is 3. The number of pyridine rings is 7. The van der Waals surface area contributed by atoms with Crippen molar-refractivity contribution >= 4 is 92.9 Å². The third-order valence-electron chi connectivity index (χ3n) is 23.6. The predicted molar refractivity (Wildman–Crippen MR) is 579 cm³/mol. The maximum Gasteiger partial charge on any atom is 0.164 e. The molecule has 21 heteroatoms. The molecule has 0 bridgehead atoms. The van der Waals surface area contributed by atoms with Crippen molar-refractivity contribution in [3.05, 3.63) is 489 Å². The number of rotatable bonds is 8. The summed E-state index contributed by atoms with van der Waals surface area (Å²) in [5, 5.41) is 40.5. The van der Waals surface area contributed by atoms with E-state index in [1.54, 1.807) is 18.5 Å². The molecule has 0 unspecified atom stereocenters. The number of hydrogen-bond donors (Lipinski definition) is 3. The number of fused-ring (bicyclic) bond motifs is 12. The first kappa shape index (κ1) is 116. The smallest absolute Gasteiger partial charge is 0.164 e. The standard InChI is InChI=1S/C20H16NO2.C19H12N.C18H13FN.3C15H10N.C11H8N.3C5H8O2.5Ir/c1-20(2)14-6-4-3-5-13(14)18-16-12(7-8-21-18)11-15-19(17(16)20)23-10-9-22-15;1-2-8-14(9-3-1)19-17-12-5-4-10-15(17)16-11-6-7-13-18(16)20-19;1-18(2)13-7-3-5-11-9-10-20-17(15(11)13)12-6-4-8-14(19)16(12)18;1-2-8-13-12(6-1)7-5-9-14(13)15-10-3-4-11-16-15;2*1-2-7-13(8-3-1)15-14-9-5-4-6-12(14)10-11-16-15;1-2-6-10(7-3-1)11-8-4-5-9-12-11;3*1-4(6)3-5(2)7;;;;;/h3-4,6-8,11H,9-10H2,1-2H3;1-8,10-13H;3-5,7-10H,1-2H3;1-8,10-11H;2*1-7,9-11H;1-6,8-9H;3*3,6H,1-2H3;;;;;/q7*-1;;;;;;;;. The first-order valence-electron chi connectivity index (χ1n) is 46.9. The first-order chi connectivity index (χ1) is 69.9. The molecule has 5 radical (unpaired) electrons. The van der Waals surface area contributed by atoms with Gasteiger partial charge < -0.3 is 54.7 Å². The number of para-hydroxylation sites is 1. The van der Waals surface area contributed by atoms with Crippen LogP contribution in [0.25, 0.3) is 154 Å². The Morgan fingerprint density at radius 2 is 0.705 bits per heavy atom. The normalized spacial score (nSPS) is 11.9. The van der Waals surface area contributed by atoms with Crippen LogP contribution in [0.3, 0.4) is 0 Å². The van der Waals surface area contributed by atoms with E-state index in [1.807, 2.05) is 243 Å². The van der Waals surface area contributed by atoms with Gasteiger partial charge in [-0.3, -0.25) is 19.4 Å². The molecule has 3 aliphatic rings. The van der Waals surface area contributed by atoms with Crippen LogP contribution in [-0.4, -0.2) is 80.8 Å². The van der Waals surface area contributed by atoms with Crippen molar-refractivity contribution in [3.63, 3.8) is 0 Å². The van der Waals surface area contributed by atoms with Crippen LogP contribution in [0.4, 0.5) is 4.39 Å². The zero-order chi connectivity index (χ0) is 101. The molecule has 757 valence electrons. The first-order valence-corrected chi connectivity index (χ1v) is 46.9. The second kappa shape index (κ2) is 55.9. The van der Waals surface area contributed by atoms with Crippen molar-refractivity contribution in [2.75, 3.05) is 13.2 Å². The van der Waals surface area contributed by atoms with Gasteiger partial charge in [-0.05, 0) is 206 Å². The Labute approximate surface area is 935 Å². The molecule has 0 fully saturated rings. The molecule has 0 saturated heterocycles. The largest absolute Gasteiger partial charge is 0.512 e. The minimum Gasteiger partial charge on any atom is -0.512 e. The third-order valence-corrected chi connectivity index (χ3v) is 23.6. The van der Waals surface area contributed by atoms with Crippen LogP contribution < -0.4 is 9.47 Å². The number of allylic oxidation sites excluding steroid dienone is 6. The molecule has 15 nitrogen and oxygen atoms in total. The van der Waals surface area contributed by atoms with E-state index in [0.29, 0.717) is 18.8 Å². The van der Waals surface area contributed by atoms with Gasteiger partial charge in [-0.15, -0.1) is 232 Å². The molecule has 149 heavy (non-hydrogen) atoms. The summed E-state index contributed by atoms with van der Waals surface area (Å²) in [6, 6.07) is 137. The van der Waals surface area contributed by atoms with Gasteiger partial charge in [0.25, 0.3) is 0 Å². The van der Waals surface area contributed by atoms with Crippen molar-refractivity contribution in [2.24, 2.45) is 0 Å². The molecule has 0 spiro atoms. The maximum absolute atomic E-state index is 14.4. The van der Waals surface area contributed by atoms with Crippen molar-refractivity contribution in [2.45, 2.75) is 80.1 Å². The molecule has 0 saturated carbocycles. The molecule has 0 atom stereocenters. The van der Waals surface area contributed by atoms with Crippen molar-refractivity contribution in [3.8, 4) is 90.3 Å². The average Bonchev–Trinajstić information content (AvgIpc) is 0.704. The second-order valence-corrected chi connectivity index (χ2v) is 34.8. The molecular formula is C128H103FIr5N7O8-7. The van der Waals surface area contributed by atoms with E-state index in [0.717, 1.165) is 123 Å². The molecule has 2 aliphatic carbocycles. The number of halogens is 1. The van der Waals surface area contributed by atoms with Crippen LogP contribution in [0.1, 0.15) is 91.5 Å². The number of hydrogen-bond acceptors (Lipinski definition) is 15. The van der Waals surface area contributed by atoms with Gasteiger partial charge in [0.15, 0.2) is 28.8 Å². The van der Waals surface area contributed by atoms with Gasteiger partial charge in [-0.2, -0.15) is 0 Å². The Kier molecular flexibility index (Phi) is 43.7. The van der Waals surface area contributed by atoms with Crippen LogP contribution in [0.15, 0.2) is 418 Å². The number of carbonyl (C=O) groups excluding carboxylic acids is 3. The van der Waals surface area contributed by atoms with Gasteiger partial charge in [-0.25, -0.2) is 4.39 Å². The van der Waals surface area contributed by atoms with Gasteiger partial charge >= 0.3 is 0 Å². The Balaban J connectivity index is 0.000000172. The van der Waals surface area contributed by atoms with E-state index in [1.165, 1.54) is 125 Å². The van der Waals surface area contributed by atoms with Crippen LogP contribution in [0.5, 0.6) is 11.5 Å². The van der Waals surface area contributed by atoms with Crippen LogP contribution >= 0.6 is 0 Å². The summed E-state index contributed by atoms with van der Waals surface area (Å²) in [5.41, 5.74) is 18.6. The summed E-state index contributed by atoms with van der Waals surface area (Å²) >= 11 is 0. The predicted octanol–water partition coefficient (Wildman–Crippen LogP) is 30.2. The van der Waals surface area contributed by atoms with Gasteiger partial charge in [-0.1, -0.05) is 196 Å². The summed E-state index contributed by atoms with van der Waals surface area (Å²) in [6.07, 6.45) is 14.4. The number of ether oxygens (including phenoxy) is 2. The Hall–Kier alpha value is -14.6. The quantitative estimate of drug-likeness (QED) is 0.0557. The summed E-state index contributed by atoms with van der Waals surface area (Å²) in [6.45, 7) is 18.3. The molecular weight excluding hydrogens is 2740 g/mol. The fraction of sp³-hybridized carbons (Fsp3) is 0.109. The van der Waals surface area contributed by atoms with E-state index >= 15 is 0 Å². The Bertz CT molecular complexity index is 7810. The number of benzene rings is 14. The SMILES string of the molecule is CC(=O)C=C(C)O.CC(=O)C=C(C)O.CC(=O)C=C(C)O.CC1(C)c2c([c-]ccc2F)-c2nccc3cccc1c23.CC1(C)c2ccc[c-]c2-c2nccc3cc4c(c1c23)OCCO4.[Ir].[Ir].[Ir].[Ir].[Ir].[c-]1ccc2ccccc2c1-c1ccccn1.[c-]1ccccc1-c1ccccn1.[c-]1ccccc1-c1nc2ccccc2c2ccccc12.[c-]1ccccc1-c1nccc2ccccc12.[c-]1ccccc1-c1nccc2ccccc12. The summed E-state index contributed by atoms with van der Waals surface area (Å²) in [4.78, 5) is 61.5. The zero-order valence-electron chi connectivity index (χ0n) is 83.1. The van der Waals surface area contributed by atoms with Crippen molar-refractivity contribution in [1.82, 2.24) is 34.9 Å². The van der Waals surface area contributed by atoms with E-state index < -0.39 is 0 Å². The van der Waals surface area contributed by atoms with E-state index in [4.69, 9.17) is 29.8 Å². The van der Waals surface area contributed by atoms with Crippen LogP contribution in [0.2, 0.25) is 0 Å². The van der Waals surface area contributed by atoms with E-state index in [9.17, 15) is 18.8 Å². The number of aromatic nitrogens is 7. The molecule has 8 heterocycles. The fourth-order valence-corrected chi connectivity index (χ4v) is 17.5. The molecule has 1 aliphatic heterocycles. The molecule has 0 amide bonds. The topological polar surface area (TPSA) is 221 Å². The molecule has 14 aromatic carbocycles. The minimum atomic E-state index is -0.382. The van der Waals surface area contributed by atoms with Crippen LogP contribution in [0, 0.1) is 48.3 Å². The van der Waals surface area contributed by atoms with Crippen molar-refractivity contribution < 1.29 is 144 Å². The summed E-state index contributed by atoms with van der Waals surface area (Å²) in [7, 11) is 0. The Morgan fingerprint density at radius 3 is 1.21 bits per heavy atom. The van der Waals surface area contributed by atoms with Gasteiger partial charge in [0.2, 0.25) is 0 Å². The number of aliphatic hydroxyl groups is 3. The second-order valence-electron chi connectivity index (χ2n) is 34.8. The van der Waals surface area contributed by atoms with Crippen LogP contribution in [-0.2, 0) is 126 Å². The van der Waals surface area contributed by atoms with Gasteiger partial charge in [0.1, 0.15) is 13.2 Å². The van der Waals surface area contributed by atoms with Gasteiger partial charge in [0.05, 0.1) is 22.8 Å². The Morgan fingerprint density at radius 1 is 0.309 bits per heavy atom. The summed E-state index contributed by atoms with van der Waals surface area (Å²) in [5.74, 6) is 1.34. The zero-order valence-corrected chi connectivity index (χ0v) is 95.1. The molecule has 21 aromatic rings.